The molecule has 0 saturated carbocycles. The van der Waals surface area contributed by atoms with Gasteiger partial charge in [-0.05, 0) is 23.3 Å². The van der Waals surface area contributed by atoms with Gasteiger partial charge in [0, 0.05) is 43.2 Å². The van der Waals surface area contributed by atoms with E-state index in [0.29, 0.717) is 5.92 Å². The van der Waals surface area contributed by atoms with Crippen LogP contribution in [-0.4, -0.2) is 19.8 Å². The summed E-state index contributed by atoms with van der Waals surface area (Å²) in [6, 6.07) is 6.38. The van der Waals surface area contributed by atoms with Gasteiger partial charge >= 0.3 is 0 Å². The third kappa shape index (κ3) is 1.81. The van der Waals surface area contributed by atoms with Gasteiger partial charge in [0.25, 0.3) is 0 Å². The third-order valence-electron chi connectivity index (χ3n) is 2.96. The van der Waals surface area contributed by atoms with Crippen LogP contribution >= 0.6 is 0 Å². The van der Waals surface area contributed by atoms with Crippen LogP contribution in [0.25, 0.3) is 5.57 Å². The molecule has 0 aromatic heterocycles. The molecule has 3 heteroatoms. The van der Waals surface area contributed by atoms with Crippen molar-refractivity contribution in [2.24, 2.45) is 10.7 Å². The molecule has 1 aliphatic heterocycles. The number of anilines is 1. The van der Waals surface area contributed by atoms with Crippen LogP contribution in [0.4, 0.5) is 5.69 Å². The molecule has 0 fully saturated rings. The zero-order chi connectivity index (χ0) is 11.5. The highest BCUT2D eigenvalue weighted by Gasteiger charge is 2.18. The predicted octanol–water partition coefficient (Wildman–Crippen LogP) is 2.22. The number of hydrogen-bond acceptors (Lipinski definition) is 3. The number of rotatable bonds is 2. The average Bonchev–Trinajstić information content (AvgIpc) is 2.68. The lowest BCUT2D eigenvalue weighted by atomic mass is 9.98. The number of fused-ring (bicyclic) bond motifs is 1. The first-order valence-corrected chi connectivity index (χ1v) is 5.48. The van der Waals surface area contributed by atoms with Crippen LogP contribution in [0.2, 0.25) is 0 Å². The minimum absolute atomic E-state index is 0.563. The first kappa shape index (κ1) is 10.7. The number of nitrogens with zero attached hydrogens (tertiary/aromatic N) is 1. The van der Waals surface area contributed by atoms with E-state index in [2.05, 4.69) is 35.4 Å². The molecule has 0 spiro atoms. The highest BCUT2D eigenvalue weighted by atomic mass is 14.9. The van der Waals surface area contributed by atoms with Crippen molar-refractivity contribution >= 4 is 17.5 Å². The summed E-state index contributed by atoms with van der Waals surface area (Å²) in [6.45, 7) is 3.24. The van der Waals surface area contributed by atoms with Crippen molar-refractivity contribution in [3.63, 3.8) is 0 Å². The molecule has 3 N–H and O–H groups in total. The second-order valence-corrected chi connectivity index (χ2v) is 4.09. The minimum atomic E-state index is 0.563. The van der Waals surface area contributed by atoms with Gasteiger partial charge in [-0.2, -0.15) is 0 Å². The van der Waals surface area contributed by atoms with Crippen LogP contribution in [0.5, 0.6) is 0 Å². The van der Waals surface area contributed by atoms with Crippen molar-refractivity contribution in [1.29, 1.82) is 0 Å². The van der Waals surface area contributed by atoms with Gasteiger partial charge in [0.2, 0.25) is 0 Å². The fourth-order valence-electron chi connectivity index (χ4n) is 2.04. The molecule has 16 heavy (non-hydrogen) atoms. The van der Waals surface area contributed by atoms with E-state index in [1.807, 2.05) is 0 Å². The number of benzene rings is 1. The summed E-state index contributed by atoms with van der Waals surface area (Å²) in [5, 5.41) is 3.38. The molecule has 3 nitrogen and oxygen atoms in total. The molecule has 1 aromatic rings. The van der Waals surface area contributed by atoms with Crippen LogP contribution in [-0.2, 0) is 0 Å². The lowest BCUT2D eigenvalue weighted by Gasteiger charge is -2.07. The van der Waals surface area contributed by atoms with Gasteiger partial charge < -0.3 is 11.1 Å². The summed E-state index contributed by atoms with van der Waals surface area (Å²) < 4.78 is 0. The molecule has 0 aliphatic carbocycles. The van der Waals surface area contributed by atoms with E-state index < -0.39 is 0 Å². The maximum atomic E-state index is 5.60. The molecular weight excluding hydrogens is 198 g/mol. The number of allylic oxidation sites excluding steroid dienone is 1. The number of nitrogens with one attached hydrogen (secondary N) is 1. The molecule has 0 saturated heterocycles. The van der Waals surface area contributed by atoms with Gasteiger partial charge in [-0.3, -0.25) is 4.99 Å². The second-order valence-electron chi connectivity index (χ2n) is 4.09. The zero-order valence-electron chi connectivity index (χ0n) is 9.70. The van der Waals surface area contributed by atoms with Crippen molar-refractivity contribution in [3.8, 4) is 0 Å². The van der Waals surface area contributed by atoms with E-state index in [1.54, 1.807) is 19.5 Å². The predicted molar refractivity (Wildman–Crippen MR) is 69.9 cm³/mol. The maximum Gasteiger partial charge on any atom is 0.0376 e. The van der Waals surface area contributed by atoms with Gasteiger partial charge in [-0.15, -0.1) is 0 Å². The Hall–Kier alpha value is -1.77. The molecule has 1 atom stereocenters. The Kier molecular flexibility index (Phi) is 2.95. The Morgan fingerprint density at radius 3 is 3.06 bits per heavy atom. The van der Waals surface area contributed by atoms with Crippen LogP contribution in [0.1, 0.15) is 24.0 Å². The fraction of sp³-hybridized carbons (Fsp3) is 0.308. The van der Waals surface area contributed by atoms with Gasteiger partial charge in [-0.1, -0.05) is 13.0 Å². The van der Waals surface area contributed by atoms with Crippen LogP contribution < -0.4 is 11.1 Å². The van der Waals surface area contributed by atoms with Crippen LogP contribution in [0.15, 0.2) is 29.4 Å². The van der Waals surface area contributed by atoms with E-state index in [0.717, 1.165) is 17.7 Å². The molecule has 0 bridgehead atoms. The fourth-order valence-corrected chi connectivity index (χ4v) is 2.04. The lowest BCUT2D eigenvalue weighted by Crippen LogP contribution is -1.96. The van der Waals surface area contributed by atoms with Crippen molar-refractivity contribution in [2.45, 2.75) is 12.8 Å². The van der Waals surface area contributed by atoms with E-state index in [4.69, 9.17) is 5.73 Å². The second kappa shape index (κ2) is 4.39. The van der Waals surface area contributed by atoms with Crippen molar-refractivity contribution in [1.82, 2.24) is 0 Å². The third-order valence-corrected chi connectivity index (χ3v) is 2.96. The molecule has 1 unspecified atom stereocenters. The van der Waals surface area contributed by atoms with Crippen LogP contribution in [0.3, 0.4) is 0 Å². The first-order chi connectivity index (χ1) is 7.76. The van der Waals surface area contributed by atoms with E-state index in [1.165, 1.54) is 11.3 Å². The van der Waals surface area contributed by atoms with E-state index in [9.17, 15) is 0 Å². The highest BCUT2D eigenvalue weighted by Crippen LogP contribution is 2.32. The van der Waals surface area contributed by atoms with E-state index >= 15 is 0 Å². The molecular formula is C13H17N3. The molecule has 1 aliphatic rings. The molecule has 1 heterocycles. The van der Waals surface area contributed by atoms with Gasteiger partial charge in [0.15, 0.2) is 0 Å². The van der Waals surface area contributed by atoms with Crippen molar-refractivity contribution < 1.29 is 0 Å². The summed E-state index contributed by atoms with van der Waals surface area (Å²) in [5.41, 5.74) is 10.3. The Labute approximate surface area is 96.1 Å². The number of hydrogen-bond donors (Lipinski definition) is 2. The lowest BCUT2D eigenvalue weighted by molar-refractivity contribution is 0.854. The van der Waals surface area contributed by atoms with Gasteiger partial charge in [-0.25, -0.2) is 0 Å². The van der Waals surface area contributed by atoms with Gasteiger partial charge in [0.05, 0.1) is 0 Å². The summed E-state index contributed by atoms with van der Waals surface area (Å²) in [4.78, 5) is 4.01. The van der Waals surface area contributed by atoms with Crippen molar-refractivity contribution in [2.75, 3.05) is 18.9 Å². The van der Waals surface area contributed by atoms with Gasteiger partial charge in [0.1, 0.15) is 0 Å². The standard InChI is InChI=1S/C13H17N3/c1-9-7-16-13-4-3-10(5-12(9)13)11(6-14)8-15-2/h3-6,8-9,16H,7,14H2,1-2H3. The summed E-state index contributed by atoms with van der Waals surface area (Å²) in [7, 11) is 1.75. The molecule has 2 rings (SSSR count). The maximum absolute atomic E-state index is 5.60. The normalized spacial score (nSPS) is 19.9. The summed E-state index contributed by atoms with van der Waals surface area (Å²) >= 11 is 0. The highest BCUT2D eigenvalue weighted by molar-refractivity contribution is 6.09. The molecule has 1 aromatic carbocycles. The molecule has 0 amide bonds. The summed E-state index contributed by atoms with van der Waals surface area (Å²) in [6.07, 6.45) is 3.39. The quantitative estimate of drug-likeness (QED) is 0.743. The van der Waals surface area contributed by atoms with Crippen molar-refractivity contribution in [3.05, 3.63) is 35.5 Å². The number of aliphatic imine (C=N–C) groups is 1. The monoisotopic (exact) mass is 215 g/mol. The SMILES string of the molecule is CN=CC(=CN)c1ccc2c(c1)C(C)CN2. The Bertz CT molecular complexity index is 446. The molecule has 84 valence electrons. The van der Waals surface area contributed by atoms with Crippen LogP contribution in [0, 0.1) is 0 Å². The minimum Gasteiger partial charge on any atom is -0.404 e. The van der Waals surface area contributed by atoms with E-state index in [-0.39, 0.29) is 0 Å². The number of nitrogens with two attached hydrogens (primary N) is 1. The average molecular weight is 215 g/mol. The first-order valence-electron chi connectivity index (χ1n) is 5.48. The smallest absolute Gasteiger partial charge is 0.0376 e. The Morgan fingerprint density at radius 1 is 1.56 bits per heavy atom. The topological polar surface area (TPSA) is 50.4 Å². The zero-order valence-corrected chi connectivity index (χ0v) is 9.70. The largest absolute Gasteiger partial charge is 0.404 e. The summed E-state index contributed by atoms with van der Waals surface area (Å²) in [5.74, 6) is 0.563. The Morgan fingerprint density at radius 2 is 2.38 bits per heavy atom. The Balaban J connectivity index is 2.41. The molecule has 0 radical (unpaired) electrons.